The van der Waals surface area contributed by atoms with Gasteiger partial charge in [0, 0.05) is 6.07 Å². The van der Waals surface area contributed by atoms with Crippen LogP contribution in [0.3, 0.4) is 0 Å². The first-order valence-electron chi connectivity index (χ1n) is 7.20. The molecule has 0 spiro atoms. The van der Waals surface area contributed by atoms with Crippen LogP contribution >= 0.6 is 0 Å². The molecule has 128 valence electrons. The standard InChI is InChI=1S/C17H12F3N3O2/c18-17(19,20)14-11-15(22-21-14)23(12-7-3-1-4-8-12)16(24)25-13-9-5-2-6-10-13/h1-11H,(H,21,22). The summed E-state index contributed by atoms with van der Waals surface area (Å²) in [6, 6.07) is 17.1. The first-order chi connectivity index (χ1) is 11.9. The summed E-state index contributed by atoms with van der Waals surface area (Å²) in [5, 5.41) is 5.49. The van der Waals surface area contributed by atoms with Crippen LogP contribution in [0.4, 0.5) is 29.5 Å². The van der Waals surface area contributed by atoms with Crippen molar-refractivity contribution in [3.05, 3.63) is 72.4 Å². The number of para-hydroxylation sites is 2. The fourth-order valence-electron chi connectivity index (χ4n) is 2.11. The van der Waals surface area contributed by atoms with Gasteiger partial charge in [-0.3, -0.25) is 5.10 Å². The Labute approximate surface area is 140 Å². The molecule has 0 aliphatic heterocycles. The molecule has 8 heteroatoms. The molecule has 0 saturated heterocycles. The third-order valence-corrected chi connectivity index (χ3v) is 3.24. The Morgan fingerprint density at radius 3 is 2.16 bits per heavy atom. The second kappa shape index (κ2) is 6.68. The SMILES string of the molecule is O=C(Oc1ccccc1)N(c1ccccc1)c1cc(C(F)(F)F)[nH]n1. The molecule has 1 amide bonds. The number of nitrogens with one attached hydrogen (secondary N) is 1. The number of carbonyl (C=O) groups excluding carboxylic acids is 1. The molecule has 0 unspecified atom stereocenters. The van der Waals surface area contributed by atoms with Crippen LogP contribution < -0.4 is 9.64 Å². The number of amides is 1. The van der Waals surface area contributed by atoms with Gasteiger partial charge in [0.15, 0.2) is 5.82 Å². The number of alkyl halides is 3. The lowest BCUT2D eigenvalue weighted by Crippen LogP contribution is -2.29. The van der Waals surface area contributed by atoms with Gasteiger partial charge >= 0.3 is 12.3 Å². The van der Waals surface area contributed by atoms with Gasteiger partial charge in [-0.1, -0.05) is 36.4 Å². The minimum atomic E-state index is -4.60. The van der Waals surface area contributed by atoms with Crippen LogP contribution in [0, 0.1) is 0 Å². The summed E-state index contributed by atoms with van der Waals surface area (Å²) < 4.78 is 43.7. The number of aromatic nitrogens is 2. The van der Waals surface area contributed by atoms with E-state index in [4.69, 9.17) is 4.74 Å². The van der Waals surface area contributed by atoms with E-state index in [1.165, 1.54) is 0 Å². The van der Waals surface area contributed by atoms with E-state index in [0.717, 1.165) is 11.0 Å². The highest BCUT2D eigenvalue weighted by Crippen LogP contribution is 2.32. The smallest absolute Gasteiger partial charge is 0.410 e. The number of halogens is 3. The lowest BCUT2D eigenvalue weighted by molar-refractivity contribution is -0.141. The molecule has 5 nitrogen and oxygen atoms in total. The number of aromatic amines is 1. The van der Waals surface area contributed by atoms with Crippen molar-refractivity contribution in [1.82, 2.24) is 10.2 Å². The lowest BCUT2D eigenvalue weighted by Gasteiger charge is -2.19. The van der Waals surface area contributed by atoms with Crippen LogP contribution in [0.2, 0.25) is 0 Å². The Hall–Kier alpha value is -3.29. The highest BCUT2D eigenvalue weighted by molar-refractivity contribution is 5.96. The van der Waals surface area contributed by atoms with Gasteiger partial charge in [0.1, 0.15) is 11.4 Å². The minimum Gasteiger partial charge on any atom is -0.410 e. The van der Waals surface area contributed by atoms with Crippen molar-refractivity contribution in [2.75, 3.05) is 4.90 Å². The van der Waals surface area contributed by atoms with Crippen molar-refractivity contribution in [3.63, 3.8) is 0 Å². The first-order valence-corrected chi connectivity index (χ1v) is 7.20. The number of rotatable bonds is 3. The summed E-state index contributed by atoms with van der Waals surface area (Å²) in [5.74, 6) is 0.0412. The summed E-state index contributed by atoms with van der Waals surface area (Å²) in [6.07, 6.45) is -5.48. The predicted molar refractivity (Wildman–Crippen MR) is 84.6 cm³/mol. The molecule has 1 heterocycles. The zero-order valence-corrected chi connectivity index (χ0v) is 12.7. The van der Waals surface area contributed by atoms with Crippen molar-refractivity contribution in [2.45, 2.75) is 6.18 Å². The van der Waals surface area contributed by atoms with E-state index in [2.05, 4.69) is 5.10 Å². The number of hydrogen-bond donors (Lipinski definition) is 1. The summed E-state index contributed by atoms with van der Waals surface area (Å²) in [7, 11) is 0. The van der Waals surface area contributed by atoms with Gasteiger partial charge in [-0.05, 0) is 24.3 Å². The lowest BCUT2D eigenvalue weighted by atomic mass is 10.3. The normalized spacial score (nSPS) is 11.2. The molecule has 3 aromatic rings. The Morgan fingerprint density at radius 2 is 1.60 bits per heavy atom. The zero-order valence-electron chi connectivity index (χ0n) is 12.7. The van der Waals surface area contributed by atoms with Crippen LogP contribution in [0.25, 0.3) is 0 Å². The maximum absolute atomic E-state index is 12.8. The molecule has 1 N–H and O–H groups in total. The predicted octanol–water partition coefficient (Wildman–Crippen LogP) is 4.77. The first kappa shape index (κ1) is 16.6. The van der Waals surface area contributed by atoms with E-state index in [9.17, 15) is 18.0 Å². The van der Waals surface area contributed by atoms with E-state index in [1.807, 2.05) is 5.10 Å². The van der Waals surface area contributed by atoms with Crippen molar-refractivity contribution in [3.8, 4) is 5.75 Å². The van der Waals surface area contributed by atoms with E-state index < -0.39 is 18.0 Å². The summed E-state index contributed by atoms with van der Waals surface area (Å²) in [6.45, 7) is 0. The molecule has 25 heavy (non-hydrogen) atoms. The minimum absolute atomic E-state index is 0.223. The number of ether oxygens (including phenoxy) is 1. The van der Waals surface area contributed by atoms with Gasteiger partial charge in [-0.2, -0.15) is 18.3 Å². The number of benzene rings is 2. The zero-order chi connectivity index (χ0) is 17.9. The van der Waals surface area contributed by atoms with Gasteiger partial charge in [0.2, 0.25) is 0 Å². The second-order valence-electron chi connectivity index (χ2n) is 4.99. The van der Waals surface area contributed by atoms with Crippen LogP contribution in [-0.4, -0.2) is 16.3 Å². The average molecular weight is 347 g/mol. The number of carbonyl (C=O) groups is 1. The van der Waals surface area contributed by atoms with E-state index in [-0.39, 0.29) is 11.6 Å². The van der Waals surface area contributed by atoms with Crippen molar-refractivity contribution >= 4 is 17.6 Å². The molecule has 0 atom stereocenters. The third-order valence-electron chi connectivity index (χ3n) is 3.24. The summed E-state index contributed by atoms with van der Waals surface area (Å²) >= 11 is 0. The van der Waals surface area contributed by atoms with Gasteiger partial charge in [0.25, 0.3) is 0 Å². The monoisotopic (exact) mass is 347 g/mol. The number of hydrogen-bond acceptors (Lipinski definition) is 3. The molecular formula is C17H12F3N3O2. The van der Waals surface area contributed by atoms with Crippen LogP contribution in [0.1, 0.15) is 5.69 Å². The Bertz CT molecular complexity index is 848. The van der Waals surface area contributed by atoms with Crippen LogP contribution in [-0.2, 0) is 6.18 Å². The largest absolute Gasteiger partial charge is 0.432 e. The van der Waals surface area contributed by atoms with Gasteiger partial charge in [0.05, 0.1) is 5.69 Å². The maximum atomic E-state index is 12.8. The quantitative estimate of drug-likeness (QED) is 0.743. The fourth-order valence-corrected chi connectivity index (χ4v) is 2.11. The Kier molecular flexibility index (Phi) is 4.42. The Morgan fingerprint density at radius 1 is 1.00 bits per heavy atom. The van der Waals surface area contributed by atoms with Crippen molar-refractivity contribution < 1.29 is 22.7 Å². The number of nitrogens with zero attached hydrogens (tertiary/aromatic N) is 2. The van der Waals surface area contributed by atoms with E-state index in [0.29, 0.717) is 5.69 Å². The van der Waals surface area contributed by atoms with Gasteiger partial charge in [-0.15, -0.1) is 0 Å². The molecule has 1 aromatic heterocycles. The third kappa shape index (κ3) is 3.79. The summed E-state index contributed by atoms with van der Waals surface area (Å²) in [5.41, 5.74) is -0.736. The van der Waals surface area contributed by atoms with E-state index >= 15 is 0 Å². The molecule has 0 radical (unpaired) electrons. The topological polar surface area (TPSA) is 58.2 Å². The molecular weight excluding hydrogens is 335 g/mol. The maximum Gasteiger partial charge on any atom is 0.432 e. The van der Waals surface area contributed by atoms with Crippen molar-refractivity contribution in [1.29, 1.82) is 0 Å². The van der Waals surface area contributed by atoms with Gasteiger partial charge in [-0.25, -0.2) is 9.69 Å². The molecule has 0 fully saturated rings. The molecule has 0 aliphatic rings. The Balaban J connectivity index is 1.96. The molecule has 3 rings (SSSR count). The highest BCUT2D eigenvalue weighted by atomic mass is 19.4. The second-order valence-corrected chi connectivity index (χ2v) is 4.99. The molecule has 2 aromatic carbocycles. The molecule has 0 aliphatic carbocycles. The number of H-pyrrole nitrogens is 1. The average Bonchev–Trinajstić information content (AvgIpc) is 3.07. The fraction of sp³-hybridized carbons (Fsp3) is 0.0588. The van der Waals surface area contributed by atoms with Crippen molar-refractivity contribution in [2.24, 2.45) is 0 Å². The highest BCUT2D eigenvalue weighted by Gasteiger charge is 2.35. The van der Waals surface area contributed by atoms with Crippen LogP contribution in [0.5, 0.6) is 5.75 Å². The molecule has 0 bridgehead atoms. The van der Waals surface area contributed by atoms with Crippen LogP contribution in [0.15, 0.2) is 66.7 Å². The molecule has 0 saturated carbocycles. The van der Waals surface area contributed by atoms with Gasteiger partial charge < -0.3 is 4.74 Å². The summed E-state index contributed by atoms with van der Waals surface area (Å²) in [4.78, 5) is 13.5. The van der Waals surface area contributed by atoms with E-state index in [1.54, 1.807) is 60.7 Å². The number of anilines is 2.